The van der Waals surface area contributed by atoms with E-state index in [-0.39, 0.29) is 23.8 Å². The number of halogens is 2. The highest BCUT2D eigenvalue weighted by atomic mass is 19.3. The van der Waals surface area contributed by atoms with Gasteiger partial charge in [-0.1, -0.05) is 12.1 Å². The molecule has 10 nitrogen and oxygen atoms in total. The number of carbonyl (C=O) groups is 1. The SMILES string of the molecule is O=C(C1CCC(Oc2cc(-n3c(C(F)F)nc4ccccc43)nc(N3CCOCC3)n2)CC1)N1CCN2CCCC2C1. The largest absolute Gasteiger partial charge is 0.474 e. The molecule has 1 saturated carbocycles. The van der Waals surface area contributed by atoms with Crippen LogP contribution in [0, 0.1) is 5.92 Å². The Bertz CT molecular complexity index is 1420. The number of amides is 1. The first kappa shape index (κ1) is 27.5. The predicted molar refractivity (Wildman–Crippen MR) is 152 cm³/mol. The number of benzene rings is 1. The fraction of sp³-hybridized carbons (Fsp3) is 0.600. The van der Waals surface area contributed by atoms with Crippen LogP contribution in [0.5, 0.6) is 5.88 Å². The lowest BCUT2D eigenvalue weighted by Crippen LogP contribution is -2.53. The number of para-hydroxylation sites is 2. The number of piperazine rings is 1. The maximum absolute atomic E-state index is 14.2. The van der Waals surface area contributed by atoms with E-state index in [4.69, 9.17) is 19.4 Å². The van der Waals surface area contributed by atoms with Gasteiger partial charge in [-0.3, -0.25) is 14.3 Å². The number of hydrogen-bond donors (Lipinski definition) is 0. The molecule has 5 heterocycles. The second kappa shape index (κ2) is 11.7. The van der Waals surface area contributed by atoms with Crippen LogP contribution in [-0.2, 0) is 9.53 Å². The van der Waals surface area contributed by atoms with Crippen LogP contribution in [0.1, 0.15) is 50.8 Å². The van der Waals surface area contributed by atoms with Crippen molar-refractivity contribution in [3.05, 3.63) is 36.2 Å². The van der Waals surface area contributed by atoms with Crippen molar-refractivity contribution < 1.29 is 23.0 Å². The lowest BCUT2D eigenvalue weighted by Gasteiger charge is -2.40. The molecule has 0 radical (unpaired) electrons. The first-order chi connectivity index (χ1) is 20.5. The van der Waals surface area contributed by atoms with Crippen molar-refractivity contribution in [3.63, 3.8) is 0 Å². The number of aromatic nitrogens is 4. The van der Waals surface area contributed by atoms with E-state index in [0.717, 1.165) is 51.9 Å². The number of ether oxygens (including phenoxy) is 2. The van der Waals surface area contributed by atoms with Gasteiger partial charge in [-0.15, -0.1) is 0 Å². The second-order valence-corrected chi connectivity index (χ2v) is 11.8. The number of carbonyl (C=O) groups excluding carboxylic acids is 1. The number of imidazole rings is 1. The van der Waals surface area contributed by atoms with Gasteiger partial charge in [-0.25, -0.2) is 13.8 Å². The molecule has 2 aromatic heterocycles. The summed E-state index contributed by atoms with van der Waals surface area (Å²) in [5.74, 6) is 0.982. The fourth-order valence-corrected chi connectivity index (χ4v) is 6.96. The Morgan fingerprint density at radius 3 is 2.57 bits per heavy atom. The molecule has 3 saturated heterocycles. The lowest BCUT2D eigenvalue weighted by molar-refractivity contribution is -0.139. The van der Waals surface area contributed by atoms with Crippen molar-refractivity contribution in [1.29, 1.82) is 0 Å². The number of morpholine rings is 1. The van der Waals surface area contributed by atoms with E-state index in [2.05, 4.69) is 14.8 Å². The molecule has 3 aromatic rings. The summed E-state index contributed by atoms with van der Waals surface area (Å²) in [6.07, 6.45) is 2.53. The van der Waals surface area contributed by atoms with Crippen molar-refractivity contribution in [1.82, 2.24) is 29.3 Å². The third-order valence-corrected chi connectivity index (χ3v) is 9.19. The Morgan fingerprint density at radius 2 is 1.76 bits per heavy atom. The molecule has 1 atom stereocenters. The van der Waals surface area contributed by atoms with Crippen molar-refractivity contribution in [2.24, 2.45) is 5.92 Å². The van der Waals surface area contributed by atoms with Crippen LogP contribution in [0.4, 0.5) is 14.7 Å². The van der Waals surface area contributed by atoms with Crippen LogP contribution >= 0.6 is 0 Å². The molecule has 1 amide bonds. The zero-order valence-corrected chi connectivity index (χ0v) is 23.7. The Morgan fingerprint density at radius 1 is 0.952 bits per heavy atom. The van der Waals surface area contributed by atoms with E-state index >= 15 is 0 Å². The molecule has 3 aliphatic heterocycles. The molecule has 1 aliphatic carbocycles. The highest BCUT2D eigenvalue weighted by molar-refractivity contribution is 5.79. The van der Waals surface area contributed by atoms with Gasteiger partial charge in [0.25, 0.3) is 6.43 Å². The van der Waals surface area contributed by atoms with Gasteiger partial charge < -0.3 is 19.3 Å². The number of nitrogens with zero attached hydrogens (tertiary/aromatic N) is 7. The molecule has 0 N–H and O–H groups in total. The monoisotopic (exact) mass is 581 g/mol. The quantitative estimate of drug-likeness (QED) is 0.434. The molecule has 4 fully saturated rings. The average molecular weight is 582 g/mol. The molecular formula is C30H37F2N7O3. The predicted octanol–water partition coefficient (Wildman–Crippen LogP) is 3.83. The maximum Gasteiger partial charge on any atom is 0.296 e. The Labute approximate surface area is 243 Å². The molecule has 224 valence electrons. The minimum atomic E-state index is -2.78. The number of hydrogen-bond acceptors (Lipinski definition) is 8. The average Bonchev–Trinajstić information content (AvgIpc) is 3.66. The number of fused-ring (bicyclic) bond motifs is 2. The Kier molecular flexibility index (Phi) is 7.66. The maximum atomic E-state index is 14.2. The number of alkyl halides is 2. The molecule has 12 heteroatoms. The smallest absolute Gasteiger partial charge is 0.296 e. The molecule has 0 bridgehead atoms. The van der Waals surface area contributed by atoms with Crippen molar-refractivity contribution in [2.75, 3.05) is 57.4 Å². The van der Waals surface area contributed by atoms with E-state index in [9.17, 15) is 13.6 Å². The number of rotatable bonds is 6. The van der Waals surface area contributed by atoms with Crippen LogP contribution < -0.4 is 9.64 Å². The summed E-state index contributed by atoms with van der Waals surface area (Å²) >= 11 is 0. The molecular weight excluding hydrogens is 544 g/mol. The second-order valence-electron chi connectivity index (χ2n) is 11.8. The van der Waals surface area contributed by atoms with Gasteiger partial charge in [-0.2, -0.15) is 9.97 Å². The molecule has 1 unspecified atom stereocenters. The third-order valence-electron chi connectivity index (χ3n) is 9.19. The topological polar surface area (TPSA) is 88.8 Å². The summed E-state index contributed by atoms with van der Waals surface area (Å²) in [7, 11) is 0. The fourth-order valence-electron chi connectivity index (χ4n) is 6.96. The van der Waals surface area contributed by atoms with Crippen molar-refractivity contribution >= 4 is 22.9 Å². The van der Waals surface area contributed by atoms with Gasteiger partial charge in [-0.05, 0) is 57.2 Å². The highest BCUT2D eigenvalue weighted by Gasteiger charge is 2.36. The number of anilines is 1. The first-order valence-corrected chi connectivity index (χ1v) is 15.2. The summed E-state index contributed by atoms with van der Waals surface area (Å²) in [6, 6.07) is 9.20. The van der Waals surface area contributed by atoms with E-state index in [1.165, 1.54) is 17.4 Å². The van der Waals surface area contributed by atoms with Crippen molar-refractivity contribution in [2.45, 2.75) is 57.1 Å². The van der Waals surface area contributed by atoms with Crippen LogP contribution in [0.25, 0.3) is 16.9 Å². The van der Waals surface area contributed by atoms with Crippen LogP contribution in [0.15, 0.2) is 30.3 Å². The highest BCUT2D eigenvalue weighted by Crippen LogP contribution is 2.33. The molecule has 7 rings (SSSR count). The van der Waals surface area contributed by atoms with Gasteiger partial charge in [0, 0.05) is 50.7 Å². The van der Waals surface area contributed by atoms with E-state index < -0.39 is 6.43 Å². The summed E-state index contributed by atoms with van der Waals surface area (Å²) in [5, 5.41) is 0. The molecule has 0 spiro atoms. The van der Waals surface area contributed by atoms with Gasteiger partial charge in [0.05, 0.1) is 24.2 Å². The zero-order valence-electron chi connectivity index (χ0n) is 23.7. The zero-order chi connectivity index (χ0) is 28.6. The standard InChI is InChI=1S/C30H37F2N7O3/c31-27(32)28-33-23-5-1-2-6-24(23)39(28)25-18-26(35-30(34-25)37-14-16-41-17-15-37)42-22-9-7-20(8-10-22)29(40)38-13-12-36-11-3-4-21(36)19-38/h1-2,5-6,18,20-22,27H,3-4,7-17,19H2. The van der Waals surface area contributed by atoms with E-state index in [1.54, 1.807) is 30.3 Å². The summed E-state index contributed by atoms with van der Waals surface area (Å²) < 4.78 is 41.6. The minimum Gasteiger partial charge on any atom is -0.474 e. The van der Waals surface area contributed by atoms with Gasteiger partial charge in [0.1, 0.15) is 11.9 Å². The third kappa shape index (κ3) is 5.42. The van der Waals surface area contributed by atoms with E-state index in [0.29, 0.717) is 61.0 Å². The van der Waals surface area contributed by atoms with Gasteiger partial charge >= 0.3 is 0 Å². The van der Waals surface area contributed by atoms with E-state index in [1.807, 2.05) is 4.90 Å². The van der Waals surface area contributed by atoms with Crippen LogP contribution in [0.3, 0.4) is 0 Å². The summed E-state index contributed by atoms with van der Waals surface area (Å²) in [4.78, 5) is 33.6. The van der Waals surface area contributed by atoms with Crippen molar-refractivity contribution in [3.8, 4) is 11.7 Å². The summed E-state index contributed by atoms with van der Waals surface area (Å²) in [6.45, 7) is 6.08. The molecule has 42 heavy (non-hydrogen) atoms. The van der Waals surface area contributed by atoms with Crippen LogP contribution in [0.2, 0.25) is 0 Å². The first-order valence-electron chi connectivity index (χ1n) is 15.2. The molecule has 4 aliphatic rings. The molecule has 1 aromatic carbocycles. The van der Waals surface area contributed by atoms with Gasteiger partial charge in [0.15, 0.2) is 5.82 Å². The summed E-state index contributed by atoms with van der Waals surface area (Å²) in [5.41, 5.74) is 1.02. The Balaban J connectivity index is 1.10. The Hall–Kier alpha value is -3.38. The minimum absolute atomic E-state index is 0.0218. The normalized spacial score (nSPS) is 25.3. The lowest BCUT2D eigenvalue weighted by atomic mass is 9.86. The van der Waals surface area contributed by atoms with Gasteiger partial charge in [0.2, 0.25) is 17.7 Å². The van der Waals surface area contributed by atoms with Crippen LogP contribution in [-0.4, -0.2) is 99.9 Å².